The van der Waals surface area contributed by atoms with E-state index in [1.807, 2.05) is 18.4 Å². The Hall–Kier alpha value is -2.32. The highest BCUT2D eigenvalue weighted by Gasteiger charge is 2.16. The molecule has 0 bridgehead atoms. The highest BCUT2D eigenvalue weighted by Crippen LogP contribution is 2.30. The summed E-state index contributed by atoms with van der Waals surface area (Å²) in [4.78, 5) is 2.49. The van der Waals surface area contributed by atoms with Crippen LogP contribution in [0.3, 0.4) is 0 Å². The molecule has 0 N–H and O–H groups in total. The lowest BCUT2D eigenvalue weighted by Crippen LogP contribution is -2.27. The van der Waals surface area contributed by atoms with E-state index in [1.54, 1.807) is 0 Å². The van der Waals surface area contributed by atoms with Gasteiger partial charge in [-0.25, -0.2) is 0 Å². The van der Waals surface area contributed by atoms with E-state index in [-0.39, 0.29) is 0 Å². The van der Waals surface area contributed by atoms with Crippen molar-refractivity contribution in [1.82, 2.24) is 4.90 Å². The van der Waals surface area contributed by atoms with Gasteiger partial charge in [0, 0.05) is 30.6 Å². The van der Waals surface area contributed by atoms with E-state index in [2.05, 4.69) is 53.4 Å². The number of nitrogens with zero attached hydrogens (tertiary/aromatic N) is 1. The van der Waals surface area contributed by atoms with Gasteiger partial charge >= 0.3 is 0 Å². The maximum Gasteiger partial charge on any atom is 0.134 e. The second-order valence-electron chi connectivity index (χ2n) is 5.85. The molecule has 2 aromatic carbocycles. The first-order valence-corrected chi connectivity index (χ1v) is 7.82. The van der Waals surface area contributed by atoms with E-state index in [9.17, 15) is 0 Å². The van der Waals surface area contributed by atoms with Crippen LogP contribution in [0.4, 0.5) is 0 Å². The summed E-state index contributed by atoms with van der Waals surface area (Å²) in [6, 6.07) is 19.0. The molecule has 2 nitrogen and oxygen atoms in total. The van der Waals surface area contributed by atoms with Crippen LogP contribution in [0.15, 0.2) is 71.4 Å². The average Bonchev–Trinajstić information content (AvgIpc) is 3.01. The molecular weight excluding hydrogens is 270 g/mol. The standard InChI is InChI=1S/C20H19NO/c1-2-6-16(7-3-1)14-21-12-10-17(11-13-21)19-15-22-20-9-5-4-8-18(19)20/h1-10,15H,11-14H2. The van der Waals surface area contributed by atoms with Crippen molar-refractivity contribution >= 4 is 16.5 Å². The van der Waals surface area contributed by atoms with Crippen molar-refractivity contribution in [3.05, 3.63) is 78.1 Å². The summed E-state index contributed by atoms with van der Waals surface area (Å²) in [7, 11) is 0. The monoisotopic (exact) mass is 289 g/mol. The molecule has 2 heterocycles. The molecule has 0 aliphatic carbocycles. The Morgan fingerprint density at radius 3 is 2.59 bits per heavy atom. The van der Waals surface area contributed by atoms with Crippen LogP contribution in [0.2, 0.25) is 0 Å². The summed E-state index contributed by atoms with van der Waals surface area (Å²) in [6.45, 7) is 3.13. The van der Waals surface area contributed by atoms with E-state index >= 15 is 0 Å². The molecule has 0 fully saturated rings. The zero-order valence-electron chi connectivity index (χ0n) is 12.5. The van der Waals surface area contributed by atoms with Crippen molar-refractivity contribution in [2.75, 3.05) is 13.1 Å². The maximum atomic E-state index is 5.67. The van der Waals surface area contributed by atoms with Gasteiger partial charge in [-0.05, 0) is 23.6 Å². The zero-order chi connectivity index (χ0) is 14.8. The molecular formula is C20H19NO. The normalized spacial score (nSPS) is 15.9. The van der Waals surface area contributed by atoms with E-state index in [0.29, 0.717) is 0 Å². The third-order valence-corrected chi connectivity index (χ3v) is 4.37. The van der Waals surface area contributed by atoms with Gasteiger partial charge in [0.15, 0.2) is 0 Å². The topological polar surface area (TPSA) is 16.4 Å². The summed E-state index contributed by atoms with van der Waals surface area (Å²) in [5.74, 6) is 0. The molecule has 4 rings (SSSR count). The Morgan fingerprint density at radius 2 is 1.77 bits per heavy atom. The number of para-hydroxylation sites is 1. The molecule has 1 aliphatic heterocycles. The number of benzene rings is 2. The summed E-state index contributed by atoms with van der Waals surface area (Å²) in [5.41, 5.74) is 5.03. The Kier molecular flexibility index (Phi) is 3.53. The molecule has 0 radical (unpaired) electrons. The molecule has 1 aliphatic rings. The first-order valence-electron chi connectivity index (χ1n) is 7.82. The van der Waals surface area contributed by atoms with Crippen molar-refractivity contribution in [2.45, 2.75) is 13.0 Å². The largest absolute Gasteiger partial charge is 0.464 e. The van der Waals surface area contributed by atoms with E-state index in [4.69, 9.17) is 4.42 Å². The van der Waals surface area contributed by atoms with Gasteiger partial charge in [-0.1, -0.05) is 54.6 Å². The number of hydrogen-bond donors (Lipinski definition) is 0. The Morgan fingerprint density at radius 1 is 0.955 bits per heavy atom. The number of hydrogen-bond acceptors (Lipinski definition) is 2. The van der Waals surface area contributed by atoms with Crippen LogP contribution in [0, 0.1) is 0 Å². The summed E-state index contributed by atoms with van der Waals surface area (Å²) >= 11 is 0. The summed E-state index contributed by atoms with van der Waals surface area (Å²) in [6.07, 6.45) is 5.34. The number of fused-ring (bicyclic) bond motifs is 1. The van der Waals surface area contributed by atoms with Gasteiger partial charge in [-0.3, -0.25) is 4.90 Å². The van der Waals surface area contributed by atoms with Crippen LogP contribution in [-0.2, 0) is 6.54 Å². The second-order valence-corrected chi connectivity index (χ2v) is 5.85. The van der Waals surface area contributed by atoms with Gasteiger partial charge in [-0.2, -0.15) is 0 Å². The lowest BCUT2D eigenvalue weighted by atomic mass is 9.98. The maximum absolute atomic E-state index is 5.67. The molecule has 0 atom stereocenters. The third-order valence-electron chi connectivity index (χ3n) is 4.37. The fourth-order valence-electron chi connectivity index (χ4n) is 3.17. The van der Waals surface area contributed by atoms with Crippen LogP contribution >= 0.6 is 0 Å². The zero-order valence-corrected chi connectivity index (χ0v) is 12.5. The second kappa shape index (κ2) is 5.82. The molecule has 3 aromatic rings. The minimum absolute atomic E-state index is 0.977. The van der Waals surface area contributed by atoms with Gasteiger partial charge in [0.1, 0.15) is 5.58 Å². The first kappa shape index (κ1) is 13.4. The Bertz CT molecular complexity index is 801. The molecule has 0 saturated carbocycles. The van der Waals surface area contributed by atoms with E-state index in [1.165, 1.54) is 22.1 Å². The molecule has 2 heteroatoms. The van der Waals surface area contributed by atoms with Crippen molar-refractivity contribution in [1.29, 1.82) is 0 Å². The van der Waals surface area contributed by atoms with Crippen LogP contribution in [0.25, 0.3) is 16.5 Å². The van der Waals surface area contributed by atoms with E-state index in [0.717, 1.165) is 31.6 Å². The van der Waals surface area contributed by atoms with Crippen LogP contribution < -0.4 is 0 Å². The molecule has 1 aromatic heterocycles. The van der Waals surface area contributed by atoms with Crippen molar-refractivity contribution in [2.24, 2.45) is 0 Å². The Labute approximate surface area is 130 Å². The van der Waals surface area contributed by atoms with Crippen molar-refractivity contribution in [3.63, 3.8) is 0 Å². The van der Waals surface area contributed by atoms with Crippen molar-refractivity contribution < 1.29 is 4.42 Å². The van der Waals surface area contributed by atoms with Gasteiger partial charge in [0.2, 0.25) is 0 Å². The highest BCUT2D eigenvalue weighted by molar-refractivity contribution is 5.91. The Balaban J connectivity index is 1.52. The van der Waals surface area contributed by atoms with Gasteiger partial charge in [0.05, 0.1) is 6.26 Å². The van der Waals surface area contributed by atoms with Crippen LogP contribution in [-0.4, -0.2) is 18.0 Å². The molecule has 0 amide bonds. The smallest absolute Gasteiger partial charge is 0.134 e. The average molecular weight is 289 g/mol. The van der Waals surface area contributed by atoms with Crippen LogP contribution in [0.1, 0.15) is 17.5 Å². The fourth-order valence-corrected chi connectivity index (χ4v) is 3.17. The van der Waals surface area contributed by atoms with Crippen molar-refractivity contribution in [3.8, 4) is 0 Å². The highest BCUT2D eigenvalue weighted by atomic mass is 16.3. The molecule has 22 heavy (non-hydrogen) atoms. The predicted octanol–water partition coefficient (Wildman–Crippen LogP) is 4.72. The third kappa shape index (κ3) is 2.58. The minimum Gasteiger partial charge on any atom is -0.464 e. The number of furan rings is 1. The summed E-state index contributed by atoms with van der Waals surface area (Å²) in [5, 5.41) is 1.23. The predicted molar refractivity (Wildman–Crippen MR) is 90.5 cm³/mol. The fraction of sp³-hybridized carbons (Fsp3) is 0.200. The number of rotatable bonds is 3. The first-order chi connectivity index (χ1) is 10.9. The quantitative estimate of drug-likeness (QED) is 0.693. The molecule has 0 unspecified atom stereocenters. The molecule has 0 saturated heterocycles. The lowest BCUT2D eigenvalue weighted by Gasteiger charge is -2.26. The summed E-state index contributed by atoms with van der Waals surface area (Å²) < 4.78 is 5.67. The van der Waals surface area contributed by atoms with Crippen LogP contribution in [0.5, 0.6) is 0 Å². The lowest BCUT2D eigenvalue weighted by molar-refractivity contribution is 0.294. The molecule has 110 valence electrons. The van der Waals surface area contributed by atoms with Gasteiger partial charge in [0.25, 0.3) is 0 Å². The van der Waals surface area contributed by atoms with Gasteiger partial charge < -0.3 is 4.42 Å². The molecule has 0 spiro atoms. The van der Waals surface area contributed by atoms with Gasteiger partial charge in [-0.15, -0.1) is 0 Å². The SMILES string of the molecule is C1=C(c2coc3ccccc23)CCN(Cc2ccccc2)C1. The van der Waals surface area contributed by atoms with E-state index < -0.39 is 0 Å². The minimum atomic E-state index is 0.977.